The van der Waals surface area contributed by atoms with Gasteiger partial charge in [0.25, 0.3) is 5.91 Å². The fourth-order valence-electron chi connectivity index (χ4n) is 4.14. The molecule has 0 aliphatic heterocycles. The molecule has 0 saturated carbocycles. The van der Waals surface area contributed by atoms with Crippen LogP contribution < -0.4 is 5.73 Å². The first-order valence-corrected chi connectivity index (χ1v) is 10.0. The van der Waals surface area contributed by atoms with Crippen molar-refractivity contribution in [3.05, 3.63) is 94.0 Å². The van der Waals surface area contributed by atoms with E-state index in [1.807, 2.05) is 0 Å². The molecular formula is C23H19ClFN3O3. The molecule has 4 rings (SSSR count). The highest BCUT2D eigenvalue weighted by molar-refractivity contribution is 6.30. The Hall–Kier alpha value is -3.45. The van der Waals surface area contributed by atoms with E-state index in [-0.39, 0.29) is 16.3 Å². The fourth-order valence-corrected chi connectivity index (χ4v) is 4.36. The van der Waals surface area contributed by atoms with Crippen LogP contribution in [0.2, 0.25) is 5.02 Å². The number of hydrogen-bond acceptors (Lipinski definition) is 4. The largest absolute Gasteiger partial charge is 0.507 e. The van der Waals surface area contributed by atoms with Gasteiger partial charge in [0, 0.05) is 23.0 Å². The number of carbonyl (C=O) groups excluding carboxylic acids is 2. The van der Waals surface area contributed by atoms with E-state index in [0.29, 0.717) is 29.5 Å². The molecule has 158 valence electrons. The Labute approximate surface area is 183 Å². The van der Waals surface area contributed by atoms with Crippen molar-refractivity contribution >= 4 is 23.4 Å². The van der Waals surface area contributed by atoms with Crippen LogP contribution in [0.5, 0.6) is 5.75 Å². The molecule has 2 amide bonds. The van der Waals surface area contributed by atoms with Gasteiger partial charge in [0.2, 0.25) is 5.91 Å². The molecule has 6 nitrogen and oxygen atoms in total. The van der Waals surface area contributed by atoms with Crippen LogP contribution in [-0.4, -0.2) is 26.8 Å². The van der Waals surface area contributed by atoms with Crippen LogP contribution in [0.25, 0.3) is 0 Å². The van der Waals surface area contributed by atoms with E-state index < -0.39 is 29.7 Å². The molecule has 1 aliphatic carbocycles. The SMILES string of the molecule is NC(=O)C(c1cccnc1)N(C(=O)c1ccccc1O)[C@@H]1CCc2c(F)cc(Cl)cc21. The number of phenols is 1. The first-order chi connectivity index (χ1) is 14.9. The molecule has 31 heavy (non-hydrogen) atoms. The Bertz CT molecular complexity index is 1160. The molecule has 0 radical (unpaired) electrons. The highest BCUT2D eigenvalue weighted by Crippen LogP contribution is 2.43. The Morgan fingerprint density at radius 2 is 2.00 bits per heavy atom. The van der Waals surface area contributed by atoms with Gasteiger partial charge in [-0.25, -0.2) is 4.39 Å². The number of benzene rings is 2. The molecule has 0 bridgehead atoms. The fraction of sp³-hybridized carbons (Fsp3) is 0.174. The van der Waals surface area contributed by atoms with Gasteiger partial charge in [0.15, 0.2) is 0 Å². The Kier molecular flexibility index (Phi) is 5.61. The molecule has 3 N–H and O–H groups in total. The summed E-state index contributed by atoms with van der Waals surface area (Å²) in [7, 11) is 0. The first-order valence-electron chi connectivity index (χ1n) is 9.66. The first kappa shape index (κ1) is 20.8. The summed E-state index contributed by atoms with van der Waals surface area (Å²) in [5.41, 5.74) is 7.13. The second-order valence-corrected chi connectivity index (χ2v) is 7.77. The maximum atomic E-state index is 14.5. The smallest absolute Gasteiger partial charge is 0.259 e. The normalized spacial score (nSPS) is 15.9. The van der Waals surface area contributed by atoms with E-state index in [1.54, 1.807) is 30.3 Å². The van der Waals surface area contributed by atoms with Crippen molar-refractivity contribution in [1.82, 2.24) is 9.88 Å². The van der Waals surface area contributed by atoms with Gasteiger partial charge in [-0.05, 0) is 54.3 Å². The van der Waals surface area contributed by atoms with Crippen molar-refractivity contribution in [2.45, 2.75) is 24.9 Å². The second-order valence-electron chi connectivity index (χ2n) is 7.33. The third-order valence-electron chi connectivity index (χ3n) is 5.47. The zero-order valence-corrected chi connectivity index (χ0v) is 17.1. The topological polar surface area (TPSA) is 96.5 Å². The van der Waals surface area contributed by atoms with Gasteiger partial charge in [0.05, 0.1) is 11.6 Å². The Morgan fingerprint density at radius 1 is 1.23 bits per heavy atom. The second kappa shape index (κ2) is 8.35. The van der Waals surface area contributed by atoms with Crippen LogP contribution in [0.4, 0.5) is 4.39 Å². The van der Waals surface area contributed by atoms with Gasteiger partial charge >= 0.3 is 0 Å². The molecule has 0 spiro atoms. The highest BCUT2D eigenvalue weighted by Gasteiger charge is 2.41. The van der Waals surface area contributed by atoms with Crippen molar-refractivity contribution < 1.29 is 19.1 Å². The number of hydrogen-bond donors (Lipinski definition) is 2. The average molecular weight is 440 g/mol. The van der Waals surface area contributed by atoms with Crippen LogP contribution in [0.1, 0.15) is 45.6 Å². The van der Waals surface area contributed by atoms with Crippen molar-refractivity contribution in [3.63, 3.8) is 0 Å². The summed E-state index contributed by atoms with van der Waals surface area (Å²) in [4.78, 5) is 31.6. The molecular weight excluding hydrogens is 421 g/mol. The molecule has 1 unspecified atom stereocenters. The standard InChI is InChI=1S/C23H19ClFN3O3/c24-14-10-17-15(18(25)11-14)7-8-19(17)28(23(31)16-5-1-2-6-20(16)29)21(22(26)30)13-4-3-9-27-12-13/h1-6,9-12,19,21,29H,7-8H2,(H2,26,30)/t19-,21?/m1/s1. The summed E-state index contributed by atoms with van der Waals surface area (Å²) in [5.74, 6) is -2.07. The number of primary amides is 1. The molecule has 1 aromatic heterocycles. The number of rotatable bonds is 5. The summed E-state index contributed by atoms with van der Waals surface area (Å²) < 4.78 is 14.5. The van der Waals surface area contributed by atoms with Crippen molar-refractivity contribution in [3.8, 4) is 5.75 Å². The summed E-state index contributed by atoms with van der Waals surface area (Å²) in [6.45, 7) is 0. The monoisotopic (exact) mass is 439 g/mol. The Morgan fingerprint density at radius 3 is 2.68 bits per heavy atom. The van der Waals surface area contributed by atoms with Gasteiger partial charge in [-0.3, -0.25) is 14.6 Å². The summed E-state index contributed by atoms with van der Waals surface area (Å²) in [6.07, 6.45) is 3.73. The van der Waals surface area contributed by atoms with E-state index in [2.05, 4.69) is 4.98 Å². The lowest BCUT2D eigenvalue weighted by Gasteiger charge is -2.35. The Balaban J connectivity index is 1.90. The van der Waals surface area contributed by atoms with Crippen LogP contribution in [0, 0.1) is 5.82 Å². The van der Waals surface area contributed by atoms with Crippen molar-refractivity contribution in [2.24, 2.45) is 5.73 Å². The number of pyridine rings is 1. The van der Waals surface area contributed by atoms with Gasteiger partial charge in [-0.15, -0.1) is 0 Å². The number of halogens is 2. The molecule has 2 atom stereocenters. The highest BCUT2D eigenvalue weighted by atomic mass is 35.5. The number of nitrogens with two attached hydrogens (primary N) is 1. The minimum absolute atomic E-state index is 0.00795. The van der Waals surface area contributed by atoms with E-state index in [1.165, 1.54) is 35.5 Å². The third-order valence-corrected chi connectivity index (χ3v) is 5.69. The van der Waals surface area contributed by atoms with Gasteiger partial charge in [0.1, 0.15) is 17.6 Å². The molecule has 8 heteroatoms. The lowest BCUT2D eigenvalue weighted by Crippen LogP contribution is -2.43. The molecule has 2 aromatic carbocycles. The number of para-hydroxylation sites is 1. The predicted molar refractivity (Wildman–Crippen MR) is 113 cm³/mol. The summed E-state index contributed by atoms with van der Waals surface area (Å²) >= 11 is 6.09. The molecule has 3 aromatic rings. The molecule has 0 saturated heterocycles. The molecule has 1 heterocycles. The minimum atomic E-state index is -1.18. The van der Waals surface area contributed by atoms with Gasteiger partial charge < -0.3 is 15.7 Å². The zero-order chi connectivity index (χ0) is 22.1. The van der Waals surface area contributed by atoms with E-state index >= 15 is 0 Å². The third kappa shape index (κ3) is 3.84. The van der Waals surface area contributed by atoms with Gasteiger partial charge in [-0.2, -0.15) is 0 Å². The van der Waals surface area contributed by atoms with Crippen LogP contribution in [0.15, 0.2) is 60.9 Å². The van der Waals surface area contributed by atoms with Crippen LogP contribution >= 0.6 is 11.6 Å². The average Bonchev–Trinajstić information content (AvgIpc) is 3.16. The lowest BCUT2D eigenvalue weighted by molar-refractivity contribution is -0.123. The van der Waals surface area contributed by atoms with Crippen molar-refractivity contribution in [1.29, 1.82) is 0 Å². The van der Waals surface area contributed by atoms with E-state index in [9.17, 15) is 19.1 Å². The predicted octanol–water partition coefficient (Wildman–Crippen LogP) is 3.94. The summed E-state index contributed by atoms with van der Waals surface area (Å²) in [6, 6.07) is 10.3. The number of nitrogens with zero attached hydrogens (tertiary/aromatic N) is 2. The zero-order valence-electron chi connectivity index (χ0n) is 16.3. The minimum Gasteiger partial charge on any atom is -0.507 e. The maximum absolute atomic E-state index is 14.5. The number of amides is 2. The van der Waals surface area contributed by atoms with Crippen LogP contribution in [0.3, 0.4) is 0 Å². The number of aromatic nitrogens is 1. The number of carbonyl (C=O) groups is 2. The summed E-state index contributed by atoms with van der Waals surface area (Å²) in [5, 5.41) is 10.5. The van der Waals surface area contributed by atoms with Crippen LogP contribution in [-0.2, 0) is 11.2 Å². The molecule has 0 fully saturated rings. The lowest BCUT2D eigenvalue weighted by atomic mass is 9.98. The maximum Gasteiger partial charge on any atom is 0.259 e. The molecule has 1 aliphatic rings. The van der Waals surface area contributed by atoms with Gasteiger partial charge in [-0.1, -0.05) is 29.8 Å². The quantitative estimate of drug-likeness (QED) is 0.629. The van der Waals surface area contributed by atoms with Crippen molar-refractivity contribution in [2.75, 3.05) is 0 Å². The number of fused-ring (bicyclic) bond motifs is 1. The van der Waals surface area contributed by atoms with E-state index in [0.717, 1.165) is 0 Å². The number of phenolic OH excluding ortho intramolecular Hbond substituents is 1. The number of aromatic hydroxyl groups is 1. The van der Waals surface area contributed by atoms with E-state index in [4.69, 9.17) is 17.3 Å².